The molecule has 6 nitrogen and oxygen atoms in total. The summed E-state index contributed by atoms with van der Waals surface area (Å²) in [5.41, 5.74) is 1.90. The lowest BCUT2D eigenvalue weighted by Gasteiger charge is -2.37. The van der Waals surface area contributed by atoms with Crippen LogP contribution in [-0.4, -0.2) is 59.7 Å². The molecule has 0 unspecified atom stereocenters. The van der Waals surface area contributed by atoms with Crippen LogP contribution in [0.3, 0.4) is 0 Å². The highest BCUT2D eigenvalue weighted by atomic mass is 16.2. The van der Waals surface area contributed by atoms with Crippen LogP contribution in [0, 0.1) is 0 Å². The van der Waals surface area contributed by atoms with Gasteiger partial charge >= 0.3 is 0 Å². The second-order valence-corrected chi connectivity index (χ2v) is 6.68. The second kappa shape index (κ2) is 7.68. The van der Waals surface area contributed by atoms with Gasteiger partial charge in [-0.15, -0.1) is 0 Å². The molecule has 0 radical (unpaired) electrons. The number of hydrogen-bond donors (Lipinski definition) is 1. The molecule has 2 heterocycles. The number of nitrogens with one attached hydrogen (secondary N) is 1. The van der Waals surface area contributed by atoms with Crippen molar-refractivity contribution < 1.29 is 14.4 Å². The minimum Gasteiger partial charge on any atom is -0.344 e. The summed E-state index contributed by atoms with van der Waals surface area (Å²) in [5.74, 6) is -0.0536. The molecule has 6 heteroatoms. The van der Waals surface area contributed by atoms with Crippen molar-refractivity contribution in [3.8, 4) is 0 Å². The van der Waals surface area contributed by atoms with Gasteiger partial charge in [0.05, 0.1) is 0 Å². The lowest BCUT2D eigenvalue weighted by Crippen LogP contribution is -2.56. The summed E-state index contributed by atoms with van der Waals surface area (Å²) in [6.45, 7) is 4.18. The zero-order valence-corrected chi connectivity index (χ0v) is 14.7. The van der Waals surface area contributed by atoms with Crippen LogP contribution in [0.1, 0.15) is 42.1 Å². The minimum atomic E-state index is -0.398. The van der Waals surface area contributed by atoms with Crippen molar-refractivity contribution in [1.82, 2.24) is 15.1 Å². The molecule has 134 valence electrons. The molecule has 0 spiro atoms. The van der Waals surface area contributed by atoms with Crippen molar-refractivity contribution in [2.45, 2.75) is 38.6 Å². The van der Waals surface area contributed by atoms with E-state index in [4.69, 9.17) is 0 Å². The maximum absolute atomic E-state index is 12.6. The van der Waals surface area contributed by atoms with Gasteiger partial charge < -0.3 is 15.1 Å². The summed E-state index contributed by atoms with van der Waals surface area (Å²) < 4.78 is 0. The number of carbonyl (C=O) groups excluding carboxylic acids is 3. The molecule has 2 aliphatic rings. The number of amides is 3. The summed E-state index contributed by atoms with van der Waals surface area (Å²) in [6, 6.07) is 7.31. The molecule has 0 saturated carbocycles. The van der Waals surface area contributed by atoms with Crippen LogP contribution >= 0.6 is 0 Å². The van der Waals surface area contributed by atoms with Gasteiger partial charge in [0.1, 0.15) is 6.04 Å². The number of aryl methyl sites for hydroxylation is 1. The monoisotopic (exact) mass is 343 g/mol. The van der Waals surface area contributed by atoms with Crippen LogP contribution in [0.25, 0.3) is 0 Å². The molecule has 2 saturated heterocycles. The first-order valence-electron chi connectivity index (χ1n) is 9.05. The quantitative estimate of drug-likeness (QED) is 0.897. The number of piperazine rings is 1. The van der Waals surface area contributed by atoms with Crippen LogP contribution in [0.4, 0.5) is 0 Å². The smallest absolute Gasteiger partial charge is 0.253 e. The minimum absolute atomic E-state index is 0.0146. The molecule has 0 bridgehead atoms. The Bertz CT molecular complexity index is 648. The first-order valence-corrected chi connectivity index (χ1v) is 9.05. The van der Waals surface area contributed by atoms with Crippen LogP contribution in [0.15, 0.2) is 24.3 Å². The fraction of sp³-hybridized carbons (Fsp3) is 0.526. The van der Waals surface area contributed by atoms with Gasteiger partial charge in [0.15, 0.2) is 0 Å². The van der Waals surface area contributed by atoms with Crippen LogP contribution in [0.5, 0.6) is 0 Å². The summed E-state index contributed by atoms with van der Waals surface area (Å²) in [7, 11) is 0. The highest BCUT2D eigenvalue weighted by molar-refractivity contribution is 5.94. The van der Waals surface area contributed by atoms with E-state index < -0.39 is 6.04 Å². The average molecular weight is 343 g/mol. The first kappa shape index (κ1) is 17.5. The average Bonchev–Trinajstić information content (AvgIpc) is 2.67. The van der Waals surface area contributed by atoms with E-state index in [1.54, 1.807) is 9.80 Å². The third kappa shape index (κ3) is 4.00. The third-order valence-electron chi connectivity index (χ3n) is 5.02. The largest absolute Gasteiger partial charge is 0.344 e. The molecule has 3 amide bonds. The Morgan fingerprint density at radius 3 is 2.32 bits per heavy atom. The Balaban J connectivity index is 1.54. The van der Waals surface area contributed by atoms with E-state index in [9.17, 15) is 14.4 Å². The number of carbonyl (C=O) groups is 3. The van der Waals surface area contributed by atoms with E-state index in [0.29, 0.717) is 44.6 Å². The zero-order valence-electron chi connectivity index (χ0n) is 14.7. The van der Waals surface area contributed by atoms with Crippen molar-refractivity contribution in [2.24, 2.45) is 0 Å². The number of nitrogens with zero attached hydrogens (tertiary/aromatic N) is 2. The maximum atomic E-state index is 12.6. The Morgan fingerprint density at radius 2 is 1.72 bits per heavy atom. The van der Waals surface area contributed by atoms with Crippen molar-refractivity contribution in [3.05, 3.63) is 35.4 Å². The number of rotatable bonds is 3. The molecule has 2 fully saturated rings. The summed E-state index contributed by atoms with van der Waals surface area (Å²) in [4.78, 5) is 40.1. The normalized spacial score (nSPS) is 21.0. The molecule has 25 heavy (non-hydrogen) atoms. The third-order valence-corrected chi connectivity index (χ3v) is 5.02. The number of hydrogen-bond acceptors (Lipinski definition) is 3. The van der Waals surface area contributed by atoms with E-state index in [-0.39, 0.29) is 17.7 Å². The van der Waals surface area contributed by atoms with Crippen molar-refractivity contribution in [2.75, 3.05) is 26.2 Å². The Kier molecular flexibility index (Phi) is 5.36. The summed E-state index contributed by atoms with van der Waals surface area (Å²) in [6.07, 6.45) is 2.91. The van der Waals surface area contributed by atoms with Crippen LogP contribution in [-0.2, 0) is 16.0 Å². The standard InChI is InChI=1S/C19H25N3O3/c1-2-14-6-8-15(9-7-14)18(24)21-10-12-22(13-11-21)19(25)16-4-3-5-17(23)20-16/h6-9,16H,2-5,10-13H2,1H3,(H,20,23)/t16-/m1/s1. The van der Waals surface area contributed by atoms with Gasteiger partial charge in [-0.3, -0.25) is 14.4 Å². The van der Waals surface area contributed by atoms with E-state index in [2.05, 4.69) is 12.2 Å². The fourth-order valence-corrected chi connectivity index (χ4v) is 3.41. The van der Waals surface area contributed by atoms with Gasteiger partial charge in [-0.05, 0) is 37.0 Å². The van der Waals surface area contributed by atoms with Crippen molar-refractivity contribution >= 4 is 17.7 Å². The summed E-state index contributed by atoms with van der Waals surface area (Å²) in [5, 5.41) is 2.77. The highest BCUT2D eigenvalue weighted by Crippen LogP contribution is 2.14. The van der Waals surface area contributed by atoms with Gasteiger partial charge in [-0.2, -0.15) is 0 Å². The number of benzene rings is 1. The first-order chi connectivity index (χ1) is 12.1. The van der Waals surface area contributed by atoms with Gasteiger partial charge in [0, 0.05) is 38.2 Å². The van der Waals surface area contributed by atoms with E-state index in [0.717, 1.165) is 12.8 Å². The second-order valence-electron chi connectivity index (χ2n) is 6.68. The van der Waals surface area contributed by atoms with E-state index in [1.165, 1.54) is 5.56 Å². The van der Waals surface area contributed by atoms with Gasteiger partial charge in [0.25, 0.3) is 5.91 Å². The lowest BCUT2D eigenvalue weighted by atomic mass is 10.0. The Labute approximate surface area is 148 Å². The highest BCUT2D eigenvalue weighted by Gasteiger charge is 2.31. The molecular weight excluding hydrogens is 318 g/mol. The SMILES string of the molecule is CCc1ccc(C(=O)N2CCN(C(=O)[C@H]3CCCC(=O)N3)CC2)cc1. The molecule has 1 N–H and O–H groups in total. The predicted molar refractivity (Wildman–Crippen MR) is 94.1 cm³/mol. The zero-order chi connectivity index (χ0) is 17.8. The maximum Gasteiger partial charge on any atom is 0.253 e. The van der Waals surface area contributed by atoms with Crippen LogP contribution in [0.2, 0.25) is 0 Å². The number of piperidine rings is 1. The van der Waals surface area contributed by atoms with Gasteiger partial charge in [0.2, 0.25) is 11.8 Å². The van der Waals surface area contributed by atoms with Crippen molar-refractivity contribution in [1.29, 1.82) is 0 Å². The molecular formula is C19H25N3O3. The predicted octanol–water partition coefficient (Wildman–Crippen LogP) is 1.20. The van der Waals surface area contributed by atoms with E-state index in [1.807, 2.05) is 24.3 Å². The molecule has 1 atom stereocenters. The van der Waals surface area contributed by atoms with Gasteiger partial charge in [-0.1, -0.05) is 19.1 Å². The molecule has 1 aromatic carbocycles. The fourth-order valence-electron chi connectivity index (χ4n) is 3.41. The molecule has 0 aromatic heterocycles. The molecule has 1 aromatic rings. The molecule has 0 aliphatic carbocycles. The topological polar surface area (TPSA) is 69.7 Å². The van der Waals surface area contributed by atoms with Gasteiger partial charge in [-0.25, -0.2) is 0 Å². The van der Waals surface area contributed by atoms with Crippen molar-refractivity contribution in [3.63, 3.8) is 0 Å². The Hall–Kier alpha value is -2.37. The summed E-state index contributed by atoms with van der Waals surface area (Å²) >= 11 is 0. The Morgan fingerprint density at radius 1 is 1.08 bits per heavy atom. The molecule has 2 aliphatic heterocycles. The van der Waals surface area contributed by atoms with E-state index >= 15 is 0 Å². The molecule has 3 rings (SSSR count). The lowest BCUT2D eigenvalue weighted by molar-refractivity contribution is -0.139. The van der Waals surface area contributed by atoms with Crippen LogP contribution < -0.4 is 5.32 Å².